The van der Waals surface area contributed by atoms with Crippen molar-refractivity contribution in [2.45, 2.75) is 31.9 Å². The molecule has 10 heteroatoms. The minimum absolute atomic E-state index is 0.0208. The molecule has 0 unspecified atom stereocenters. The quantitative estimate of drug-likeness (QED) is 0.350. The third-order valence-electron chi connectivity index (χ3n) is 5.41. The number of pyridine rings is 1. The van der Waals surface area contributed by atoms with Crippen LogP contribution in [0.2, 0.25) is 5.02 Å². The van der Waals surface area contributed by atoms with Gasteiger partial charge in [0.05, 0.1) is 16.3 Å². The molecular weight excluding hydrogens is 486 g/mol. The Kier molecular flexibility index (Phi) is 7.07. The minimum atomic E-state index is -4.62. The van der Waals surface area contributed by atoms with E-state index in [1.165, 1.54) is 24.4 Å². The summed E-state index contributed by atoms with van der Waals surface area (Å²) in [6.45, 7) is 0. The van der Waals surface area contributed by atoms with E-state index in [4.69, 9.17) is 11.6 Å². The molecule has 0 spiro atoms. The van der Waals surface area contributed by atoms with Gasteiger partial charge in [0.2, 0.25) is 5.91 Å². The predicted molar refractivity (Wildman–Crippen MR) is 124 cm³/mol. The Labute approximate surface area is 203 Å². The van der Waals surface area contributed by atoms with E-state index in [2.05, 4.69) is 15.6 Å². The van der Waals surface area contributed by atoms with Gasteiger partial charge in [-0.15, -0.1) is 0 Å². The van der Waals surface area contributed by atoms with Gasteiger partial charge in [0, 0.05) is 36.7 Å². The lowest BCUT2D eigenvalue weighted by atomic mass is 10.0. The van der Waals surface area contributed by atoms with Crippen molar-refractivity contribution in [3.05, 3.63) is 82.3 Å². The van der Waals surface area contributed by atoms with Crippen LogP contribution in [0.25, 0.3) is 0 Å². The summed E-state index contributed by atoms with van der Waals surface area (Å²) in [5.41, 5.74) is 0.219. The maximum absolute atomic E-state index is 14.7. The largest absolute Gasteiger partial charge is 0.417 e. The second-order valence-corrected chi connectivity index (χ2v) is 8.74. The lowest BCUT2D eigenvalue weighted by molar-refractivity contribution is -0.137. The molecule has 1 aliphatic rings. The molecule has 0 radical (unpaired) electrons. The number of ketones is 1. The van der Waals surface area contributed by atoms with Crippen molar-refractivity contribution in [2.24, 2.45) is 5.92 Å². The molecule has 1 saturated carbocycles. The van der Waals surface area contributed by atoms with Crippen molar-refractivity contribution in [1.82, 2.24) is 4.98 Å². The van der Waals surface area contributed by atoms with E-state index in [1.54, 1.807) is 18.2 Å². The molecule has 2 aromatic carbocycles. The number of halogens is 5. The highest BCUT2D eigenvalue weighted by Crippen LogP contribution is 2.35. The van der Waals surface area contributed by atoms with E-state index in [-0.39, 0.29) is 41.7 Å². The number of benzene rings is 2. The normalized spacial score (nSPS) is 13.4. The number of hydrogen-bond donors (Lipinski definition) is 2. The molecule has 1 heterocycles. The highest BCUT2D eigenvalue weighted by molar-refractivity contribution is 6.31. The number of carbonyl (C=O) groups excluding carboxylic acids is 2. The summed E-state index contributed by atoms with van der Waals surface area (Å²) in [5.74, 6) is -0.701. The van der Waals surface area contributed by atoms with Crippen molar-refractivity contribution in [1.29, 1.82) is 0 Å². The van der Waals surface area contributed by atoms with Crippen LogP contribution in [-0.2, 0) is 28.6 Å². The number of amides is 1. The molecule has 1 fully saturated rings. The Bertz CT molecular complexity index is 1280. The molecule has 1 aromatic heterocycles. The lowest BCUT2D eigenvalue weighted by Crippen LogP contribution is -2.14. The first-order chi connectivity index (χ1) is 16.6. The molecule has 3 aromatic rings. The second kappa shape index (κ2) is 10.0. The van der Waals surface area contributed by atoms with Crippen LogP contribution in [0.3, 0.4) is 0 Å². The fourth-order valence-corrected chi connectivity index (χ4v) is 3.72. The molecule has 35 heavy (non-hydrogen) atoms. The third-order valence-corrected chi connectivity index (χ3v) is 5.74. The monoisotopic (exact) mass is 505 g/mol. The molecule has 0 bridgehead atoms. The van der Waals surface area contributed by atoms with Crippen molar-refractivity contribution < 1.29 is 27.2 Å². The Hall–Kier alpha value is -3.46. The second-order valence-electron chi connectivity index (χ2n) is 8.34. The molecule has 0 atom stereocenters. The average molecular weight is 506 g/mol. The summed E-state index contributed by atoms with van der Waals surface area (Å²) in [7, 11) is 0. The number of hydrogen-bond acceptors (Lipinski definition) is 4. The maximum atomic E-state index is 14.7. The fraction of sp³-hybridized carbons (Fsp3) is 0.240. The Morgan fingerprint density at radius 1 is 1.00 bits per heavy atom. The van der Waals surface area contributed by atoms with Gasteiger partial charge in [0.1, 0.15) is 17.4 Å². The van der Waals surface area contributed by atoms with Crippen LogP contribution in [0.1, 0.15) is 29.5 Å². The van der Waals surface area contributed by atoms with Crippen LogP contribution in [0.15, 0.2) is 54.7 Å². The molecule has 2 N–H and O–H groups in total. The molecule has 182 valence electrons. The van der Waals surface area contributed by atoms with Gasteiger partial charge in [-0.05, 0) is 54.3 Å². The topological polar surface area (TPSA) is 71.1 Å². The number of alkyl halides is 3. The van der Waals surface area contributed by atoms with E-state index in [9.17, 15) is 27.2 Å². The average Bonchev–Trinajstić information content (AvgIpc) is 3.62. The van der Waals surface area contributed by atoms with Gasteiger partial charge in [0.25, 0.3) is 0 Å². The summed E-state index contributed by atoms with van der Waals surface area (Å²) in [6.07, 6.45) is -1.81. The number of anilines is 3. The molecular formula is C25H20ClF4N3O2. The Morgan fingerprint density at radius 3 is 2.34 bits per heavy atom. The van der Waals surface area contributed by atoms with Crippen LogP contribution < -0.4 is 10.6 Å². The fourth-order valence-electron chi connectivity index (χ4n) is 3.49. The summed E-state index contributed by atoms with van der Waals surface area (Å²) in [6, 6.07) is 10.7. The van der Waals surface area contributed by atoms with Gasteiger partial charge in [0.15, 0.2) is 0 Å². The maximum Gasteiger partial charge on any atom is 0.417 e. The summed E-state index contributed by atoms with van der Waals surface area (Å²) >= 11 is 5.61. The Morgan fingerprint density at radius 2 is 1.69 bits per heavy atom. The molecule has 1 amide bonds. The van der Waals surface area contributed by atoms with E-state index in [0.717, 1.165) is 25.0 Å². The lowest BCUT2D eigenvalue weighted by Gasteiger charge is -2.12. The van der Waals surface area contributed by atoms with Crippen LogP contribution >= 0.6 is 11.6 Å². The van der Waals surface area contributed by atoms with Crippen LogP contribution in [0.5, 0.6) is 0 Å². The van der Waals surface area contributed by atoms with Crippen molar-refractivity contribution in [2.75, 3.05) is 10.6 Å². The number of rotatable bonds is 8. The zero-order chi connectivity index (χ0) is 25.2. The standard InChI is InChI=1S/C25H20ClF4N3O2/c26-20-5-1-14(11-19(20)25(28,29)30)9-18(34)10-15-2-6-22(21(27)12-15)32-17-7-8-31-23(13-17)33-24(35)16-3-4-16/h1-2,5-8,11-13,16H,3-4,9-10H2,(H2,31,32,33,35). The Balaban J connectivity index is 1.39. The number of Topliss-reactive ketones (excluding diaryl/α,β-unsaturated/α-hetero) is 1. The van der Waals surface area contributed by atoms with Gasteiger partial charge in [-0.2, -0.15) is 13.2 Å². The zero-order valence-electron chi connectivity index (χ0n) is 18.3. The first-order valence-electron chi connectivity index (χ1n) is 10.8. The zero-order valence-corrected chi connectivity index (χ0v) is 19.0. The van der Waals surface area contributed by atoms with Crippen LogP contribution in [-0.4, -0.2) is 16.7 Å². The number of aromatic nitrogens is 1. The highest BCUT2D eigenvalue weighted by atomic mass is 35.5. The van der Waals surface area contributed by atoms with Gasteiger partial charge >= 0.3 is 6.18 Å². The summed E-state index contributed by atoms with van der Waals surface area (Å²) < 4.78 is 53.7. The highest BCUT2D eigenvalue weighted by Gasteiger charge is 2.33. The minimum Gasteiger partial charge on any atom is -0.353 e. The van der Waals surface area contributed by atoms with Crippen LogP contribution in [0.4, 0.5) is 34.8 Å². The van der Waals surface area contributed by atoms with Crippen molar-refractivity contribution >= 4 is 40.5 Å². The van der Waals surface area contributed by atoms with E-state index in [1.807, 2.05) is 0 Å². The molecule has 0 aliphatic heterocycles. The van der Waals surface area contributed by atoms with Gasteiger partial charge < -0.3 is 10.6 Å². The molecule has 1 aliphatic carbocycles. The van der Waals surface area contributed by atoms with Gasteiger partial charge in [-0.1, -0.05) is 23.7 Å². The number of carbonyl (C=O) groups is 2. The van der Waals surface area contributed by atoms with Gasteiger partial charge in [-0.3, -0.25) is 9.59 Å². The number of nitrogens with one attached hydrogen (secondary N) is 2. The van der Waals surface area contributed by atoms with Crippen molar-refractivity contribution in [3.63, 3.8) is 0 Å². The first-order valence-corrected chi connectivity index (χ1v) is 11.2. The third kappa shape index (κ3) is 6.57. The van der Waals surface area contributed by atoms with E-state index in [0.29, 0.717) is 17.1 Å². The van der Waals surface area contributed by atoms with E-state index < -0.39 is 22.6 Å². The smallest absolute Gasteiger partial charge is 0.353 e. The van der Waals surface area contributed by atoms with Crippen LogP contribution in [0, 0.1) is 11.7 Å². The van der Waals surface area contributed by atoms with E-state index >= 15 is 0 Å². The first kappa shape index (κ1) is 24.7. The predicted octanol–water partition coefficient (Wildman–Crippen LogP) is 6.34. The summed E-state index contributed by atoms with van der Waals surface area (Å²) in [5, 5.41) is 5.19. The van der Waals surface area contributed by atoms with Gasteiger partial charge in [-0.25, -0.2) is 9.37 Å². The SMILES string of the molecule is O=C(Cc1ccc(Nc2ccnc(NC(=O)C3CC3)c2)c(F)c1)Cc1ccc(Cl)c(C(F)(F)F)c1. The molecule has 0 saturated heterocycles. The number of nitrogens with zero attached hydrogens (tertiary/aromatic N) is 1. The molecule has 4 rings (SSSR count). The van der Waals surface area contributed by atoms with Crippen molar-refractivity contribution in [3.8, 4) is 0 Å². The summed E-state index contributed by atoms with van der Waals surface area (Å²) in [4.78, 5) is 28.4. The molecule has 5 nitrogen and oxygen atoms in total.